The Morgan fingerprint density at radius 2 is 2.36 bits per heavy atom. The Balaban J connectivity index is 1.59. The number of azide groups is 1. The van der Waals surface area contributed by atoms with Crippen LogP contribution in [0.25, 0.3) is 21.6 Å². The maximum Gasteiger partial charge on any atom is 0.256 e. The third-order valence-corrected chi connectivity index (χ3v) is 5.90. The smallest absolute Gasteiger partial charge is 0.256 e. The van der Waals surface area contributed by atoms with Gasteiger partial charge in [0.25, 0.3) is 5.91 Å². The number of methoxy groups -OCH3 is 1. The molecule has 1 aliphatic rings. The van der Waals surface area contributed by atoms with E-state index < -0.39 is 32.1 Å². The van der Waals surface area contributed by atoms with Gasteiger partial charge < -0.3 is 19.0 Å². The van der Waals surface area contributed by atoms with Gasteiger partial charge >= 0.3 is 0 Å². The van der Waals surface area contributed by atoms with Gasteiger partial charge in [-0.25, -0.2) is 15.0 Å². The minimum Gasteiger partial charge on any atom is -0.376 e. The van der Waals surface area contributed by atoms with Crippen molar-refractivity contribution in [3.63, 3.8) is 0 Å². The van der Waals surface area contributed by atoms with Crippen molar-refractivity contribution in [1.82, 2.24) is 19.5 Å². The zero-order valence-corrected chi connectivity index (χ0v) is 19.0. The third-order valence-electron chi connectivity index (χ3n) is 5.00. The monoisotopic (exact) mass is 488 g/mol. The van der Waals surface area contributed by atoms with Crippen LogP contribution in [0.3, 0.4) is 0 Å². The van der Waals surface area contributed by atoms with E-state index >= 15 is 0 Å². The molecule has 0 spiro atoms. The quantitative estimate of drug-likeness (QED) is 0.114. The molecule has 1 aromatic carbocycles. The standard InChI is InChI=1S/C18H19BN8O4PS/c1-29-14-12(25-26-20)11(7-30-33-32-19)31-18(14)27-9-23-13-15(21-8-22-16(13)27)24-17(28)10-5-3-2-4-6-10/h2-6,8-9,11-12,14,18-19,32H,7H2,1H3,(H,21,22,24,28)/t11-,12+,14?,18-,32?/m1/s1/i19T,32D. The van der Waals surface area contributed by atoms with Gasteiger partial charge in [-0.2, -0.15) is 0 Å². The van der Waals surface area contributed by atoms with E-state index in [2.05, 4.69) is 30.3 Å². The first-order valence-electron chi connectivity index (χ1n) is 10.7. The molecule has 4 rings (SSSR count). The van der Waals surface area contributed by atoms with Crippen LogP contribution in [0.15, 0.2) is 48.1 Å². The number of ether oxygens (including phenoxy) is 2. The number of anilines is 1. The van der Waals surface area contributed by atoms with E-state index in [-0.39, 0.29) is 18.3 Å². The van der Waals surface area contributed by atoms with E-state index in [0.29, 0.717) is 16.7 Å². The molecule has 12 nitrogen and oxygen atoms in total. The van der Waals surface area contributed by atoms with Crippen LogP contribution in [-0.2, 0) is 13.7 Å². The average molecular weight is 488 g/mol. The summed E-state index contributed by atoms with van der Waals surface area (Å²) in [5.41, 5.74) is 10.3. The van der Waals surface area contributed by atoms with Crippen LogP contribution in [0, 0.1) is 0 Å². The predicted molar refractivity (Wildman–Crippen MR) is 126 cm³/mol. The molecule has 1 amide bonds. The molecule has 15 heteroatoms. The number of fused-ring (bicyclic) bond motifs is 1. The lowest BCUT2D eigenvalue weighted by atomic mass is 10.1. The van der Waals surface area contributed by atoms with Gasteiger partial charge in [0.1, 0.15) is 20.0 Å². The van der Waals surface area contributed by atoms with E-state index in [4.69, 9.17) is 21.8 Å². The third kappa shape index (κ3) is 4.96. The average Bonchev–Trinajstić information content (AvgIpc) is 3.46. The second-order valence-electron chi connectivity index (χ2n) is 6.79. The summed E-state index contributed by atoms with van der Waals surface area (Å²) in [7, 11) is 0.957. The number of carbonyl (C=O) groups excluding carboxylic acids is 1. The molecule has 3 aromatic rings. The molecule has 3 heterocycles. The number of nitrogens with one attached hydrogen (secondary N) is 1. The van der Waals surface area contributed by atoms with Gasteiger partial charge in [-0.15, -0.1) is 0 Å². The fourth-order valence-corrected chi connectivity index (χ4v) is 4.18. The summed E-state index contributed by atoms with van der Waals surface area (Å²) in [5, 5.41) is 6.59. The molecule has 0 saturated carbocycles. The molecule has 2 aromatic heterocycles. The van der Waals surface area contributed by atoms with Gasteiger partial charge in [0.2, 0.25) is 0 Å². The summed E-state index contributed by atoms with van der Waals surface area (Å²) in [5.74, 6) is -0.114. The first-order valence-corrected chi connectivity index (χ1v) is 11.9. The molecule has 1 fully saturated rings. The molecule has 1 aliphatic heterocycles. The molecule has 1 N–H and O–H groups in total. The number of carbonyl (C=O) groups is 1. The van der Waals surface area contributed by atoms with E-state index in [1.807, 2.05) is 6.07 Å². The zero-order chi connectivity index (χ0) is 24.8. The van der Waals surface area contributed by atoms with E-state index in [1.54, 1.807) is 28.8 Å². The van der Waals surface area contributed by atoms with E-state index in [9.17, 15) is 4.79 Å². The van der Waals surface area contributed by atoms with Crippen LogP contribution in [0.5, 0.6) is 0 Å². The van der Waals surface area contributed by atoms with Crippen LogP contribution in [-0.4, -0.2) is 67.5 Å². The van der Waals surface area contributed by atoms with Crippen molar-refractivity contribution in [3.8, 4) is 0 Å². The number of imidazole rings is 1. The predicted octanol–water partition coefficient (Wildman–Crippen LogP) is 2.74. The second kappa shape index (κ2) is 10.9. The number of amides is 1. The molecule has 33 heavy (non-hydrogen) atoms. The molecule has 169 valence electrons. The number of hydrogen-bond acceptors (Lipinski definition) is 9. The Labute approximate surface area is 198 Å². The zero-order valence-electron chi connectivity index (χ0n) is 19.3. The minimum absolute atomic E-state index is 0.0102. The Morgan fingerprint density at radius 1 is 1.52 bits per heavy atom. The van der Waals surface area contributed by atoms with Crippen molar-refractivity contribution in [2.75, 3.05) is 19.0 Å². The number of benzene rings is 1. The first-order chi connectivity index (χ1) is 17.1. The Bertz CT molecular complexity index is 1220. The van der Waals surface area contributed by atoms with Crippen molar-refractivity contribution in [1.29, 1.82) is 2.61 Å². The second-order valence-corrected chi connectivity index (χ2v) is 8.47. The van der Waals surface area contributed by atoms with Gasteiger partial charge in [0.05, 0.1) is 26.4 Å². The van der Waals surface area contributed by atoms with Gasteiger partial charge in [-0.05, 0) is 19.0 Å². The lowest BCUT2D eigenvalue weighted by Gasteiger charge is -2.20. The van der Waals surface area contributed by atoms with E-state index in [1.165, 1.54) is 19.8 Å². The maximum absolute atomic E-state index is 12.6. The molecule has 5 atom stereocenters. The lowest BCUT2D eigenvalue weighted by Crippen LogP contribution is -2.33. The van der Waals surface area contributed by atoms with E-state index in [0.717, 1.165) is 19.2 Å². The fraction of sp³-hybridized carbons (Fsp3) is 0.333. The number of nitrogens with zero attached hydrogens (tertiary/aromatic N) is 7. The molecule has 2 unspecified atom stereocenters. The molecular formula is C18H19BN8O4PS. The number of rotatable bonds is 10. The highest BCUT2D eigenvalue weighted by molar-refractivity contribution is 8.53. The highest BCUT2D eigenvalue weighted by atomic mass is 32.7. The highest BCUT2D eigenvalue weighted by Crippen LogP contribution is 2.37. The first kappa shape index (κ1) is 20.9. The van der Waals surface area contributed by atoms with Crippen molar-refractivity contribution < 1.29 is 18.5 Å². The summed E-state index contributed by atoms with van der Waals surface area (Å²) in [6.07, 6.45) is 0.635. The van der Waals surface area contributed by atoms with Crippen molar-refractivity contribution in [2.45, 2.75) is 24.5 Å². The Hall–Kier alpha value is -2.73. The van der Waals surface area contributed by atoms with Crippen LogP contribution < -0.4 is 5.32 Å². The summed E-state index contributed by atoms with van der Waals surface area (Å²) < 4.78 is 33.5. The summed E-state index contributed by atoms with van der Waals surface area (Å²) in [4.78, 5) is 28.4. The fourth-order valence-electron chi connectivity index (χ4n) is 3.56. The maximum atomic E-state index is 12.6. The van der Waals surface area contributed by atoms with Crippen molar-refractivity contribution >= 4 is 49.7 Å². The number of hydrogen-bond donors (Lipinski definition) is 1. The largest absolute Gasteiger partial charge is 0.376 e. The van der Waals surface area contributed by atoms with Crippen molar-refractivity contribution in [3.05, 3.63) is 59.0 Å². The van der Waals surface area contributed by atoms with Gasteiger partial charge in [-0.1, -0.05) is 30.9 Å². The summed E-state index contributed by atoms with van der Waals surface area (Å²) in [6.45, 7) is 0.0102. The van der Waals surface area contributed by atoms with Crippen LogP contribution >= 0.6 is 19.3 Å². The van der Waals surface area contributed by atoms with Gasteiger partial charge in [0, 0.05) is 29.2 Å². The Kier molecular flexibility index (Phi) is 6.91. The topological polar surface area (TPSA) is 149 Å². The molecule has 1 radical (unpaired) electrons. The van der Waals surface area contributed by atoms with Gasteiger partial charge in [0.15, 0.2) is 23.2 Å². The highest BCUT2D eigenvalue weighted by Gasteiger charge is 2.46. The summed E-state index contributed by atoms with van der Waals surface area (Å²) >= 11 is 0.852. The molecule has 0 aliphatic carbocycles. The minimum atomic E-state index is -1.51. The molecule has 0 bridgehead atoms. The SMILES string of the molecule is [2H]P([B][3H])SOC[C@H]1O[C@@H](n2cnc3c(NC(=O)c4ccccc4)ncnc32)C(OC)[C@H]1N=[N+]=[N-]. The Morgan fingerprint density at radius 3 is 3.12 bits per heavy atom. The number of aromatic nitrogens is 4. The lowest BCUT2D eigenvalue weighted by molar-refractivity contribution is -0.0545. The molecule has 1 saturated heterocycles. The van der Waals surface area contributed by atoms with Gasteiger partial charge in [-0.3, -0.25) is 9.36 Å². The van der Waals surface area contributed by atoms with Crippen LogP contribution in [0.1, 0.15) is 16.6 Å². The van der Waals surface area contributed by atoms with Crippen LogP contribution in [0.4, 0.5) is 5.82 Å². The normalized spacial score (nSPS) is 23.9. The summed E-state index contributed by atoms with van der Waals surface area (Å²) in [6, 6.07) is 7.97. The van der Waals surface area contributed by atoms with Crippen LogP contribution in [0.2, 0.25) is 0 Å². The molecular weight excluding hydrogens is 466 g/mol. The van der Waals surface area contributed by atoms with Crippen molar-refractivity contribution in [2.24, 2.45) is 5.11 Å².